The van der Waals surface area contributed by atoms with Crippen LogP contribution in [-0.4, -0.2) is 8.32 Å². The fourth-order valence-corrected chi connectivity index (χ4v) is 3.14. The minimum absolute atomic E-state index is 0.0316. The fraction of sp³-hybridized carbons (Fsp3) is 0.625. The highest BCUT2D eigenvalue weighted by molar-refractivity contribution is 6.74. The van der Waals surface area contributed by atoms with Crippen LogP contribution in [0.3, 0.4) is 0 Å². The van der Waals surface area contributed by atoms with Gasteiger partial charge < -0.3 is 4.43 Å². The van der Waals surface area contributed by atoms with Crippen molar-refractivity contribution in [2.45, 2.75) is 65.1 Å². The van der Waals surface area contributed by atoms with E-state index >= 15 is 0 Å². The molecule has 1 rings (SSSR count). The molecule has 0 amide bonds. The van der Waals surface area contributed by atoms with Crippen molar-refractivity contribution in [2.75, 3.05) is 0 Å². The van der Waals surface area contributed by atoms with Crippen LogP contribution in [0.15, 0.2) is 18.2 Å². The summed E-state index contributed by atoms with van der Waals surface area (Å²) in [5.74, 6) is 0.834. The van der Waals surface area contributed by atoms with Crippen LogP contribution in [0.2, 0.25) is 23.2 Å². The SMILES string of the molecule is CC(C)(C)c1cccc(O[Si](C)(C)C(C)(C)C)c1Cl. The number of halogens is 1. The van der Waals surface area contributed by atoms with Crippen molar-refractivity contribution in [1.82, 2.24) is 0 Å². The second-order valence-corrected chi connectivity index (χ2v) is 12.8. The van der Waals surface area contributed by atoms with Gasteiger partial charge in [-0.2, -0.15) is 0 Å². The molecule has 0 fully saturated rings. The van der Waals surface area contributed by atoms with Gasteiger partial charge in [0.1, 0.15) is 5.75 Å². The molecule has 1 nitrogen and oxygen atoms in total. The van der Waals surface area contributed by atoms with Crippen molar-refractivity contribution in [3.05, 3.63) is 28.8 Å². The molecule has 0 aliphatic heterocycles. The second-order valence-electron chi connectivity index (χ2n) is 7.73. The van der Waals surface area contributed by atoms with Crippen LogP contribution in [0.25, 0.3) is 0 Å². The molecule has 0 aromatic heterocycles. The zero-order chi connectivity index (χ0) is 15.1. The zero-order valence-electron chi connectivity index (χ0n) is 13.5. The summed E-state index contributed by atoms with van der Waals surface area (Å²) in [6.07, 6.45) is 0. The molecule has 0 spiro atoms. The fourth-order valence-electron chi connectivity index (χ4n) is 1.60. The molecule has 0 bridgehead atoms. The standard InChI is InChI=1S/C16H27ClOSi/c1-15(2,3)12-10-9-11-13(14(12)17)18-19(7,8)16(4,5)6/h9-11H,1-8H3. The number of hydrogen-bond donors (Lipinski definition) is 0. The van der Waals surface area contributed by atoms with Crippen molar-refractivity contribution in [2.24, 2.45) is 0 Å². The second kappa shape index (κ2) is 5.14. The molecule has 0 saturated carbocycles. The third-order valence-corrected chi connectivity index (χ3v) is 8.68. The molecular formula is C16H27ClOSi. The maximum atomic E-state index is 6.55. The van der Waals surface area contributed by atoms with Crippen molar-refractivity contribution in [1.29, 1.82) is 0 Å². The van der Waals surface area contributed by atoms with Gasteiger partial charge in [0.05, 0.1) is 5.02 Å². The lowest BCUT2D eigenvalue weighted by Crippen LogP contribution is -2.44. The average Bonchev–Trinajstić information content (AvgIpc) is 2.17. The Morgan fingerprint density at radius 3 is 1.95 bits per heavy atom. The first-order chi connectivity index (χ1) is 8.36. The molecule has 19 heavy (non-hydrogen) atoms. The van der Waals surface area contributed by atoms with E-state index in [4.69, 9.17) is 16.0 Å². The van der Waals surface area contributed by atoms with Gasteiger partial charge in [0.15, 0.2) is 0 Å². The smallest absolute Gasteiger partial charge is 0.250 e. The average molecular weight is 299 g/mol. The Morgan fingerprint density at radius 2 is 1.53 bits per heavy atom. The highest BCUT2D eigenvalue weighted by Crippen LogP contribution is 2.41. The maximum Gasteiger partial charge on any atom is 0.250 e. The van der Waals surface area contributed by atoms with Crippen molar-refractivity contribution < 1.29 is 4.43 Å². The number of rotatable bonds is 2. The van der Waals surface area contributed by atoms with Gasteiger partial charge in [0.25, 0.3) is 8.32 Å². The molecule has 0 saturated heterocycles. The van der Waals surface area contributed by atoms with Crippen LogP contribution in [0.5, 0.6) is 5.75 Å². The molecular weight excluding hydrogens is 272 g/mol. The molecule has 108 valence electrons. The van der Waals surface area contributed by atoms with Gasteiger partial charge in [-0.05, 0) is 35.2 Å². The Bertz CT molecular complexity index is 453. The van der Waals surface area contributed by atoms with Crippen molar-refractivity contribution in [3.8, 4) is 5.75 Å². The summed E-state index contributed by atoms with van der Waals surface area (Å²) < 4.78 is 6.34. The van der Waals surface area contributed by atoms with Crippen LogP contribution in [0.4, 0.5) is 0 Å². The van der Waals surface area contributed by atoms with Gasteiger partial charge in [-0.25, -0.2) is 0 Å². The summed E-state index contributed by atoms with van der Waals surface area (Å²) in [7, 11) is -1.84. The molecule has 0 unspecified atom stereocenters. The Kier molecular flexibility index (Phi) is 4.48. The largest absolute Gasteiger partial charge is 0.542 e. The Balaban J connectivity index is 3.18. The van der Waals surface area contributed by atoms with Gasteiger partial charge in [-0.1, -0.05) is 65.3 Å². The van der Waals surface area contributed by atoms with Gasteiger partial charge in [-0.3, -0.25) is 0 Å². The van der Waals surface area contributed by atoms with E-state index in [0.717, 1.165) is 16.3 Å². The molecule has 1 aromatic rings. The molecule has 0 heterocycles. The van der Waals surface area contributed by atoms with Crippen LogP contribution < -0.4 is 4.43 Å². The molecule has 0 radical (unpaired) electrons. The number of hydrogen-bond acceptors (Lipinski definition) is 1. The third-order valence-electron chi connectivity index (χ3n) is 3.94. The summed E-state index contributed by atoms with van der Waals surface area (Å²) in [6, 6.07) is 6.10. The van der Waals surface area contributed by atoms with Crippen LogP contribution in [0, 0.1) is 0 Å². The lowest BCUT2D eigenvalue weighted by Gasteiger charge is -2.37. The number of benzene rings is 1. The maximum absolute atomic E-state index is 6.55. The first kappa shape index (κ1) is 16.6. The lowest BCUT2D eigenvalue weighted by atomic mass is 9.87. The highest BCUT2D eigenvalue weighted by atomic mass is 35.5. The van der Waals surface area contributed by atoms with E-state index in [2.05, 4.69) is 60.7 Å². The van der Waals surface area contributed by atoms with Gasteiger partial charge in [0, 0.05) is 0 Å². The summed E-state index contributed by atoms with van der Waals surface area (Å²) >= 11 is 6.55. The molecule has 0 atom stereocenters. The summed E-state index contributed by atoms with van der Waals surface area (Å²) in [4.78, 5) is 0. The van der Waals surface area contributed by atoms with Gasteiger partial charge in [-0.15, -0.1) is 0 Å². The first-order valence-corrected chi connectivity index (χ1v) is 10.1. The van der Waals surface area contributed by atoms with E-state index in [0.29, 0.717) is 0 Å². The van der Waals surface area contributed by atoms with E-state index in [9.17, 15) is 0 Å². The predicted molar refractivity (Wildman–Crippen MR) is 88.0 cm³/mol. The summed E-state index contributed by atoms with van der Waals surface area (Å²) in [5.41, 5.74) is 1.18. The van der Waals surface area contributed by atoms with E-state index in [1.54, 1.807) is 0 Å². The molecule has 0 aliphatic rings. The molecule has 1 aromatic carbocycles. The van der Waals surface area contributed by atoms with Crippen molar-refractivity contribution in [3.63, 3.8) is 0 Å². The third kappa shape index (κ3) is 3.76. The Labute approximate surface area is 124 Å². The van der Waals surface area contributed by atoms with Crippen LogP contribution in [0.1, 0.15) is 47.1 Å². The van der Waals surface area contributed by atoms with E-state index in [1.165, 1.54) is 0 Å². The van der Waals surface area contributed by atoms with E-state index in [1.807, 2.05) is 12.1 Å². The topological polar surface area (TPSA) is 9.23 Å². The predicted octanol–water partition coefficient (Wildman–Crippen LogP) is 6.02. The van der Waals surface area contributed by atoms with Crippen molar-refractivity contribution >= 4 is 19.9 Å². The Morgan fingerprint density at radius 1 is 1.00 bits per heavy atom. The summed E-state index contributed by atoms with van der Waals surface area (Å²) in [5, 5.41) is 0.938. The minimum Gasteiger partial charge on any atom is -0.542 e. The van der Waals surface area contributed by atoms with Gasteiger partial charge >= 0.3 is 0 Å². The highest BCUT2D eigenvalue weighted by Gasteiger charge is 2.39. The monoisotopic (exact) mass is 298 g/mol. The van der Waals surface area contributed by atoms with E-state index in [-0.39, 0.29) is 10.5 Å². The molecule has 0 aliphatic carbocycles. The normalized spacial score (nSPS) is 13.5. The quantitative estimate of drug-likeness (QED) is 0.606. The molecule has 3 heteroatoms. The molecule has 0 N–H and O–H groups in total. The minimum atomic E-state index is -1.84. The van der Waals surface area contributed by atoms with Crippen LogP contribution in [-0.2, 0) is 5.41 Å². The lowest BCUT2D eigenvalue weighted by molar-refractivity contribution is 0.489. The zero-order valence-corrected chi connectivity index (χ0v) is 15.3. The van der Waals surface area contributed by atoms with E-state index < -0.39 is 8.32 Å². The first-order valence-electron chi connectivity index (χ1n) is 6.84. The van der Waals surface area contributed by atoms with Crippen LogP contribution >= 0.6 is 11.6 Å². The Hall–Kier alpha value is -0.473. The van der Waals surface area contributed by atoms with Gasteiger partial charge in [0.2, 0.25) is 0 Å². The summed E-state index contributed by atoms with van der Waals surface area (Å²) in [6.45, 7) is 17.7.